The fourth-order valence-corrected chi connectivity index (χ4v) is 1.94. The van der Waals surface area contributed by atoms with Gasteiger partial charge < -0.3 is 16.0 Å². The van der Waals surface area contributed by atoms with Gasteiger partial charge in [-0.05, 0) is 17.7 Å². The lowest BCUT2D eigenvalue weighted by Gasteiger charge is -2.05. The van der Waals surface area contributed by atoms with Gasteiger partial charge in [0.05, 0.1) is 12.9 Å². The maximum absolute atomic E-state index is 13.2. The van der Waals surface area contributed by atoms with Gasteiger partial charge in [0.25, 0.3) is 0 Å². The zero-order chi connectivity index (χ0) is 13.4. The van der Waals surface area contributed by atoms with Gasteiger partial charge in [-0.1, -0.05) is 12.1 Å². The van der Waals surface area contributed by atoms with E-state index in [0.717, 1.165) is 5.56 Å². The summed E-state index contributed by atoms with van der Waals surface area (Å²) in [5.74, 6) is 0.0359. The summed E-state index contributed by atoms with van der Waals surface area (Å²) in [5.41, 5.74) is 13.7. The van der Waals surface area contributed by atoms with E-state index in [1.807, 2.05) is 18.2 Å². The van der Waals surface area contributed by atoms with Crippen molar-refractivity contribution in [2.45, 2.75) is 6.54 Å². The Morgan fingerprint density at radius 1 is 1.21 bits per heavy atom. The number of fused-ring (bicyclic) bond motifs is 1. The van der Waals surface area contributed by atoms with Gasteiger partial charge in [-0.3, -0.25) is 0 Å². The second-order valence-corrected chi connectivity index (χ2v) is 4.17. The second-order valence-electron chi connectivity index (χ2n) is 4.17. The van der Waals surface area contributed by atoms with Crippen LogP contribution >= 0.6 is 0 Å². The summed E-state index contributed by atoms with van der Waals surface area (Å²) in [6.45, 7) is 0.484. The van der Waals surface area contributed by atoms with Crippen molar-refractivity contribution in [2.75, 3.05) is 11.5 Å². The average molecular weight is 258 g/mol. The van der Waals surface area contributed by atoms with Crippen LogP contribution in [0.5, 0.6) is 0 Å². The molecule has 96 valence electrons. The van der Waals surface area contributed by atoms with Crippen LogP contribution in [-0.4, -0.2) is 19.5 Å². The summed E-state index contributed by atoms with van der Waals surface area (Å²) in [4.78, 5) is 11.3. The third-order valence-electron chi connectivity index (χ3n) is 2.77. The van der Waals surface area contributed by atoms with Crippen LogP contribution in [0.15, 0.2) is 30.6 Å². The third-order valence-corrected chi connectivity index (χ3v) is 2.77. The van der Waals surface area contributed by atoms with Crippen LogP contribution in [0.25, 0.3) is 11.2 Å². The smallest absolute Gasteiger partial charge is 0.312 e. The number of aromatic nitrogens is 4. The first-order valence-corrected chi connectivity index (χ1v) is 5.62. The lowest BCUT2D eigenvalue weighted by molar-refractivity contribution is 0.543. The highest BCUT2D eigenvalue weighted by Gasteiger charge is 2.11. The quantitative estimate of drug-likeness (QED) is 0.531. The topological polar surface area (TPSA) is 95.6 Å². The number of rotatable bonds is 2. The molecule has 0 aliphatic carbocycles. The predicted molar refractivity (Wildman–Crippen MR) is 69.6 cm³/mol. The molecule has 0 fully saturated rings. The highest BCUT2D eigenvalue weighted by Crippen LogP contribution is 2.17. The minimum absolute atomic E-state index is 0.0359. The largest absolute Gasteiger partial charge is 0.399 e. The number of nitrogen functional groups attached to an aromatic ring is 2. The van der Waals surface area contributed by atoms with E-state index in [4.69, 9.17) is 11.5 Å². The number of imidazole rings is 1. The van der Waals surface area contributed by atoms with Gasteiger partial charge in [-0.2, -0.15) is 14.4 Å². The molecule has 0 unspecified atom stereocenters. The standard InChI is InChI=1S/C12H11FN6/c13-12-17-10(15)9-11(18-12)19(6-16-9)5-7-2-1-3-8(14)4-7/h1-4,6H,5,14H2,(H2,15,17,18). The molecule has 2 aromatic heterocycles. The van der Waals surface area contributed by atoms with Crippen molar-refractivity contribution in [2.24, 2.45) is 0 Å². The lowest BCUT2D eigenvalue weighted by atomic mass is 10.2. The van der Waals surface area contributed by atoms with E-state index in [1.54, 1.807) is 17.0 Å². The molecule has 2 heterocycles. The first kappa shape index (κ1) is 11.4. The van der Waals surface area contributed by atoms with E-state index in [0.29, 0.717) is 23.4 Å². The fraction of sp³-hybridized carbons (Fsp3) is 0.0833. The van der Waals surface area contributed by atoms with Crippen molar-refractivity contribution < 1.29 is 4.39 Å². The van der Waals surface area contributed by atoms with Crippen LogP contribution in [0.3, 0.4) is 0 Å². The summed E-state index contributed by atoms with van der Waals surface area (Å²) in [6, 6.07) is 7.42. The molecular weight excluding hydrogens is 247 g/mol. The van der Waals surface area contributed by atoms with Gasteiger partial charge in [0.15, 0.2) is 11.5 Å². The van der Waals surface area contributed by atoms with Gasteiger partial charge in [0.2, 0.25) is 0 Å². The third kappa shape index (κ3) is 2.05. The van der Waals surface area contributed by atoms with E-state index in [2.05, 4.69) is 15.0 Å². The van der Waals surface area contributed by atoms with Gasteiger partial charge in [0.1, 0.15) is 5.52 Å². The molecule has 0 saturated heterocycles. The SMILES string of the molecule is Nc1cccc(Cn2cnc3c(N)nc(F)nc32)c1. The Morgan fingerprint density at radius 3 is 2.84 bits per heavy atom. The molecule has 0 aliphatic rings. The van der Waals surface area contributed by atoms with Crippen molar-refractivity contribution in [1.82, 2.24) is 19.5 Å². The van der Waals surface area contributed by atoms with Crippen molar-refractivity contribution in [3.63, 3.8) is 0 Å². The second kappa shape index (κ2) is 4.20. The van der Waals surface area contributed by atoms with Crippen molar-refractivity contribution >= 4 is 22.7 Å². The molecular formula is C12H11FN6. The summed E-state index contributed by atoms with van der Waals surface area (Å²) in [7, 11) is 0. The Labute approximate surface area is 107 Å². The van der Waals surface area contributed by atoms with Gasteiger partial charge in [-0.25, -0.2) is 4.98 Å². The Hall–Kier alpha value is -2.70. The van der Waals surface area contributed by atoms with E-state index in [9.17, 15) is 4.39 Å². The van der Waals surface area contributed by atoms with Crippen LogP contribution in [0, 0.1) is 6.08 Å². The van der Waals surface area contributed by atoms with E-state index in [-0.39, 0.29) is 5.82 Å². The van der Waals surface area contributed by atoms with Crippen LogP contribution < -0.4 is 11.5 Å². The van der Waals surface area contributed by atoms with Crippen molar-refractivity contribution in [3.05, 3.63) is 42.2 Å². The maximum Gasteiger partial charge on any atom is 0.312 e. The molecule has 0 atom stereocenters. The Balaban J connectivity index is 2.06. The van der Waals surface area contributed by atoms with Crippen LogP contribution in [-0.2, 0) is 6.54 Å². The van der Waals surface area contributed by atoms with Crippen LogP contribution in [0.2, 0.25) is 0 Å². The molecule has 1 aromatic carbocycles. The molecule has 4 N–H and O–H groups in total. The summed E-state index contributed by atoms with van der Waals surface area (Å²) >= 11 is 0. The zero-order valence-electron chi connectivity index (χ0n) is 9.92. The highest BCUT2D eigenvalue weighted by atomic mass is 19.1. The highest BCUT2D eigenvalue weighted by molar-refractivity contribution is 5.81. The Bertz CT molecular complexity index is 751. The maximum atomic E-state index is 13.2. The van der Waals surface area contributed by atoms with E-state index < -0.39 is 6.08 Å². The van der Waals surface area contributed by atoms with Crippen molar-refractivity contribution in [3.8, 4) is 0 Å². The van der Waals surface area contributed by atoms with E-state index >= 15 is 0 Å². The molecule has 6 nitrogen and oxygen atoms in total. The summed E-state index contributed by atoms with van der Waals surface area (Å²) < 4.78 is 14.9. The number of anilines is 2. The van der Waals surface area contributed by atoms with Crippen LogP contribution in [0.1, 0.15) is 5.56 Å². The van der Waals surface area contributed by atoms with E-state index in [1.165, 1.54) is 0 Å². The Morgan fingerprint density at radius 2 is 2.05 bits per heavy atom. The molecule has 7 heteroatoms. The summed E-state index contributed by atoms with van der Waals surface area (Å²) in [6.07, 6.45) is 0.692. The summed E-state index contributed by atoms with van der Waals surface area (Å²) in [5, 5.41) is 0. The number of nitrogens with two attached hydrogens (primary N) is 2. The molecule has 0 spiro atoms. The van der Waals surface area contributed by atoms with Crippen molar-refractivity contribution in [1.29, 1.82) is 0 Å². The molecule has 0 radical (unpaired) electrons. The molecule has 0 amide bonds. The van der Waals surface area contributed by atoms with Gasteiger partial charge in [0, 0.05) is 5.69 Å². The zero-order valence-corrected chi connectivity index (χ0v) is 9.92. The molecule has 0 bridgehead atoms. The lowest BCUT2D eigenvalue weighted by Crippen LogP contribution is -2.03. The molecule has 19 heavy (non-hydrogen) atoms. The van der Waals surface area contributed by atoms with Gasteiger partial charge >= 0.3 is 6.08 Å². The number of benzene rings is 1. The number of hydrogen-bond acceptors (Lipinski definition) is 5. The first-order valence-electron chi connectivity index (χ1n) is 5.62. The minimum Gasteiger partial charge on any atom is -0.399 e. The number of halogens is 1. The monoisotopic (exact) mass is 258 g/mol. The minimum atomic E-state index is -0.862. The van der Waals surface area contributed by atoms with Gasteiger partial charge in [-0.15, -0.1) is 0 Å². The predicted octanol–water partition coefficient (Wildman–Crippen LogP) is 1.18. The number of nitrogens with zero attached hydrogens (tertiary/aromatic N) is 4. The molecule has 3 aromatic rings. The average Bonchev–Trinajstić information content (AvgIpc) is 2.73. The van der Waals surface area contributed by atoms with Crippen LogP contribution in [0.4, 0.5) is 15.9 Å². The fourth-order valence-electron chi connectivity index (χ4n) is 1.94. The Kier molecular flexibility index (Phi) is 2.52. The number of hydrogen-bond donors (Lipinski definition) is 2. The first-order chi connectivity index (χ1) is 9.13. The molecule has 0 saturated carbocycles. The molecule has 3 rings (SSSR count). The normalized spacial score (nSPS) is 11.0. The molecule has 0 aliphatic heterocycles.